The number of aliphatic imine (C=N–C) groups is 1. The van der Waals surface area contributed by atoms with Crippen molar-refractivity contribution >= 4 is 29.9 Å². The molecule has 0 saturated carbocycles. The van der Waals surface area contributed by atoms with E-state index in [2.05, 4.69) is 41.4 Å². The monoisotopic (exact) mass is 494 g/mol. The Balaban J connectivity index is 0.00000676. The van der Waals surface area contributed by atoms with Crippen LogP contribution in [0, 0.1) is 5.82 Å². The molecule has 0 fully saturated rings. The Hall–Kier alpha value is -1.09. The molecule has 1 aromatic carbocycles. The number of halogens is 2. The van der Waals surface area contributed by atoms with Gasteiger partial charge in [-0.1, -0.05) is 13.0 Å². The van der Waals surface area contributed by atoms with Gasteiger partial charge in [0.25, 0.3) is 0 Å². The second kappa shape index (κ2) is 14.9. The standard InChI is InChI=1S/C20H35FN4O.HI/c1-6-18(26-19-11-9-10-17(21)14-19)15-24-20(22-4)23-12-7-8-13-25(5)16(2)3;/h9-11,14,16,18H,6-8,12-13,15H2,1-5H3,(H2,22,23,24);1H. The quantitative estimate of drug-likeness (QED) is 0.212. The molecule has 0 radical (unpaired) electrons. The molecule has 0 saturated heterocycles. The van der Waals surface area contributed by atoms with Crippen molar-refractivity contribution in [2.75, 3.05) is 33.7 Å². The molecule has 1 atom stereocenters. The van der Waals surface area contributed by atoms with Crippen LogP contribution in [0.4, 0.5) is 4.39 Å². The van der Waals surface area contributed by atoms with E-state index in [4.69, 9.17) is 4.74 Å². The van der Waals surface area contributed by atoms with E-state index in [1.165, 1.54) is 12.1 Å². The van der Waals surface area contributed by atoms with Gasteiger partial charge in [-0.05, 0) is 58.8 Å². The lowest BCUT2D eigenvalue weighted by Crippen LogP contribution is -2.42. The van der Waals surface area contributed by atoms with Crippen molar-refractivity contribution in [1.29, 1.82) is 0 Å². The molecule has 0 aliphatic rings. The number of hydrogen-bond acceptors (Lipinski definition) is 3. The Morgan fingerprint density at radius 1 is 1.26 bits per heavy atom. The zero-order valence-electron chi connectivity index (χ0n) is 17.3. The molecule has 0 amide bonds. The second-order valence-corrected chi connectivity index (χ2v) is 6.77. The highest BCUT2D eigenvalue weighted by Crippen LogP contribution is 2.14. The summed E-state index contributed by atoms with van der Waals surface area (Å²) in [6.45, 7) is 9.06. The van der Waals surface area contributed by atoms with Gasteiger partial charge in [-0.15, -0.1) is 24.0 Å². The van der Waals surface area contributed by atoms with Gasteiger partial charge in [0, 0.05) is 25.7 Å². The summed E-state index contributed by atoms with van der Waals surface area (Å²) in [7, 11) is 3.92. The molecule has 7 heteroatoms. The SMILES string of the molecule is CCC(CNC(=NC)NCCCCN(C)C(C)C)Oc1cccc(F)c1.I. The molecular weight excluding hydrogens is 458 g/mol. The Bertz CT molecular complexity index is 542. The minimum atomic E-state index is -0.286. The topological polar surface area (TPSA) is 48.9 Å². The van der Waals surface area contributed by atoms with Crippen LogP contribution in [-0.2, 0) is 0 Å². The van der Waals surface area contributed by atoms with Crippen molar-refractivity contribution in [1.82, 2.24) is 15.5 Å². The highest BCUT2D eigenvalue weighted by atomic mass is 127. The van der Waals surface area contributed by atoms with Crippen molar-refractivity contribution in [2.45, 2.75) is 52.2 Å². The van der Waals surface area contributed by atoms with Gasteiger partial charge in [0.1, 0.15) is 17.7 Å². The van der Waals surface area contributed by atoms with E-state index < -0.39 is 0 Å². The summed E-state index contributed by atoms with van der Waals surface area (Å²) >= 11 is 0. The highest BCUT2D eigenvalue weighted by Gasteiger charge is 2.10. The third-order valence-corrected chi connectivity index (χ3v) is 4.39. The zero-order valence-corrected chi connectivity index (χ0v) is 19.6. The first kappa shape index (κ1) is 25.9. The number of hydrogen-bond donors (Lipinski definition) is 2. The minimum absolute atomic E-state index is 0. The third-order valence-electron chi connectivity index (χ3n) is 4.39. The normalized spacial score (nSPS) is 12.7. The predicted octanol–water partition coefficient (Wildman–Crippen LogP) is 3.89. The van der Waals surface area contributed by atoms with Crippen molar-refractivity contribution in [3.8, 4) is 5.75 Å². The molecule has 5 nitrogen and oxygen atoms in total. The summed E-state index contributed by atoms with van der Waals surface area (Å²) in [6.07, 6.45) is 3.02. The van der Waals surface area contributed by atoms with Crippen LogP contribution in [-0.4, -0.2) is 56.7 Å². The number of guanidine groups is 1. The number of rotatable bonds is 11. The molecule has 0 aliphatic heterocycles. The van der Waals surface area contributed by atoms with Gasteiger partial charge in [-0.2, -0.15) is 0 Å². The van der Waals surface area contributed by atoms with E-state index in [0.29, 0.717) is 18.3 Å². The van der Waals surface area contributed by atoms with Crippen LogP contribution in [0.1, 0.15) is 40.0 Å². The summed E-state index contributed by atoms with van der Waals surface area (Å²) < 4.78 is 19.1. The van der Waals surface area contributed by atoms with Crippen molar-refractivity contribution in [2.24, 2.45) is 4.99 Å². The Morgan fingerprint density at radius 2 is 2.00 bits per heavy atom. The smallest absolute Gasteiger partial charge is 0.191 e. The lowest BCUT2D eigenvalue weighted by atomic mass is 10.2. The molecule has 0 bridgehead atoms. The van der Waals surface area contributed by atoms with Crippen LogP contribution in [0.3, 0.4) is 0 Å². The van der Waals surface area contributed by atoms with Crippen LogP contribution in [0.2, 0.25) is 0 Å². The van der Waals surface area contributed by atoms with Gasteiger partial charge in [-0.3, -0.25) is 4.99 Å². The van der Waals surface area contributed by atoms with Crippen molar-refractivity contribution in [3.05, 3.63) is 30.1 Å². The van der Waals surface area contributed by atoms with Crippen molar-refractivity contribution < 1.29 is 9.13 Å². The summed E-state index contributed by atoms with van der Waals surface area (Å²) in [5.41, 5.74) is 0. The van der Waals surface area contributed by atoms with E-state index in [1.807, 2.05) is 6.92 Å². The summed E-state index contributed by atoms with van der Waals surface area (Å²) in [4.78, 5) is 6.59. The maximum Gasteiger partial charge on any atom is 0.191 e. The molecule has 0 heterocycles. The molecule has 1 unspecified atom stereocenters. The maximum absolute atomic E-state index is 13.3. The van der Waals surface area contributed by atoms with E-state index in [0.717, 1.165) is 38.3 Å². The lowest BCUT2D eigenvalue weighted by molar-refractivity contribution is 0.198. The predicted molar refractivity (Wildman–Crippen MR) is 123 cm³/mol. The van der Waals surface area contributed by atoms with Gasteiger partial charge >= 0.3 is 0 Å². The molecule has 0 spiro atoms. The molecule has 1 aromatic rings. The summed E-state index contributed by atoms with van der Waals surface area (Å²) in [6, 6.07) is 6.83. The Kier molecular flexibility index (Phi) is 14.3. The minimum Gasteiger partial charge on any atom is -0.489 e. The number of benzene rings is 1. The van der Waals surface area contributed by atoms with E-state index >= 15 is 0 Å². The molecule has 27 heavy (non-hydrogen) atoms. The number of nitrogens with zero attached hydrogens (tertiary/aromatic N) is 2. The van der Waals surface area contributed by atoms with Gasteiger partial charge in [0.2, 0.25) is 0 Å². The fraction of sp³-hybridized carbons (Fsp3) is 0.650. The maximum atomic E-state index is 13.3. The average Bonchev–Trinajstić information content (AvgIpc) is 2.62. The molecule has 1 rings (SSSR count). The van der Waals surface area contributed by atoms with Crippen LogP contribution < -0.4 is 15.4 Å². The van der Waals surface area contributed by atoms with Crippen molar-refractivity contribution in [3.63, 3.8) is 0 Å². The molecule has 156 valence electrons. The first-order valence-corrected chi connectivity index (χ1v) is 9.53. The number of ether oxygens (including phenoxy) is 1. The van der Waals surface area contributed by atoms with Gasteiger partial charge in [-0.25, -0.2) is 4.39 Å². The average molecular weight is 494 g/mol. The number of unbranched alkanes of at least 4 members (excludes halogenated alkanes) is 1. The molecule has 2 N–H and O–H groups in total. The van der Waals surface area contributed by atoms with Crippen LogP contribution in [0.5, 0.6) is 5.75 Å². The summed E-state index contributed by atoms with van der Waals surface area (Å²) in [5, 5.41) is 6.61. The second-order valence-electron chi connectivity index (χ2n) is 6.77. The van der Waals surface area contributed by atoms with E-state index in [-0.39, 0.29) is 35.9 Å². The largest absolute Gasteiger partial charge is 0.489 e. The Morgan fingerprint density at radius 3 is 2.59 bits per heavy atom. The molecule has 0 aromatic heterocycles. The number of nitrogens with one attached hydrogen (secondary N) is 2. The molecule has 0 aliphatic carbocycles. The zero-order chi connectivity index (χ0) is 19.4. The first-order valence-electron chi connectivity index (χ1n) is 9.53. The first-order chi connectivity index (χ1) is 12.5. The molecular formula is C20H36FIN4O. The Labute approximate surface area is 181 Å². The lowest BCUT2D eigenvalue weighted by Gasteiger charge is -2.21. The van der Waals surface area contributed by atoms with Crippen LogP contribution >= 0.6 is 24.0 Å². The fourth-order valence-electron chi connectivity index (χ4n) is 2.38. The van der Waals surface area contributed by atoms with E-state index in [1.54, 1.807) is 19.2 Å². The van der Waals surface area contributed by atoms with E-state index in [9.17, 15) is 4.39 Å². The van der Waals surface area contributed by atoms with Gasteiger partial charge in [0.15, 0.2) is 5.96 Å². The fourth-order valence-corrected chi connectivity index (χ4v) is 2.38. The van der Waals surface area contributed by atoms with Gasteiger partial charge in [0.05, 0.1) is 6.54 Å². The van der Waals surface area contributed by atoms with Crippen LogP contribution in [0.15, 0.2) is 29.3 Å². The van der Waals surface area contributed by atoms with Gasteiger partial charge < -0.3 is 20.3 Å². The highest BCUT2D eigenvalue weighted by molar-refractivity contribution is 14.0. The summed E-state index contributed by atoms with van der Waals surface area (Å²) in [5.74, 6) is 1.03. The third kappa shape index (κ3) is 11.4. The van der Waals surface area contributed by atoms with Crippen LogP contribution in [0.25, 0.3) is 0 Å².